The fraction of sp³-hybridized carbons (Fsp3) is 0.222. The summed E-state index contributed by atoms with van der Waals surface area (Å²) >= 11 is 6.31. The normalized spacial score (nSPS) is 24.2. The number of halogens is 2. The highest BCUT2D eigenvalue weighted by atomic mass is 35.5. The highest BCUT2D eigenvalue weighted by Crippen LogP contribution is 2.52. The van der Waals surface area contributed by atoms with Crippen LogP contribution in [0.4, 0.5) is 15.8 Å². The summed E-state index contributed by atoms with van der Waals surface area (Å²) in [6.45, 7) is 0. The Kier molecular flexibility index (Phi) is 3.53. The third-order valence-corrected chi connectivity index (χ3v) is 5.14. The van der Waals surface area contributed by atoms with Crippen LogP contribution in [0.15, 0.2) is 48.6 Å². The molecule has 0 unspecified atom stereocenters. The first-order chi connectivity index (χ1) is 11.5. The molecule has 24 heavy (non-hydrogen) atoms. The predicted octanol–water partition coefficient (Wildman–Crippen LogP) is 5.21. The van der Waals surface area contributed by atoms with Crippen molar-refractivity contribution in [1.29, 1.82) is 0 Å². The average molecular weight is 345 g/mol. The zero-order valence-electron chi connectivity index (χ0n) is 12.6. The highest BCUT2D eigenvalue weighted by molar-refractivity contribution is 6.33. The van der Waals surface area contributed by atoms with Gasteiger partial charge in [0.15, 0.2) is 0 Å². The quantitative estimate of drug-likeness (QED) is 0.462. The Morgan fingerprint density at radius 3 is 2.71 bits per heavy atom. The number of nitro groups is 1. The van der Waals surface area contributed by atoms with Crippen LogP contribution in [0.25, 0.3) is 0 Å². The molecule has 0 spiro atoms. The minimum absolute atomic E-state index is 0.000155. The number of nitro benzene ring substituents is 1. The Morgan fingerprint density at radius 1 is 1.25 bits per heavy atom. The van der Waals surface area contributed by atoms with Gasteiger partial charge in [0.25, 0.3) is 5.69 Å². The SMILES string of the molecule is O=[N+]([O-])c1cc(Cl)c2c(c1)[C@@H]1C=CC[C@H]1[C@H](c1ccc(F)cc1)N2. The van der Waals surface area contributed by atoms with Crippen molar-refractivity contribution in [1.82, 2.24) is 0 Å². The number of fused-ring (bicyclic) bond motifs is 3. The first-order valence-electron chi connectivity index (χ1n) is 7.71. The lowest BCUT2D eigenvalue weighted by Gasteiger charge is -2.37. The lowest BCUT2D eigenvalue weighted by atomic mass is 9.77. The number of allylic oxidation sites excluding steroid dienone is 2. The molecular formula is C18H14ClFN2O2. The summed E-state index contributed by atoms with van der Waals surface area (Å²) in [5.41, 5.74) is 2.56. The Bertz CT molecular complexity index is 851. The Hall–Kier alpha value is -2.40. The van der Waals surface area contributed by atoms with Gasteiger partial charge in [0.05, 0.1) is 21.7 Å². The number of rotatable bonds is 2. The fourth-order valence-corrected chi connectivity index (χ4v) is 4.02. The van der Waals surface area contributed by atoms with Crippen LogP contribution in [0.5, 0.6) is 0 Å². The minimum Gasteiger partial charge on any atom is -0.376 e. The molecule has 122 valence electrons. The van der Waals surface area contributed by atoms with Crippen LogP contribution < -0.4 is 5.32 Å². The van der Waals surface area contributed by atoms with E-state index in [4.69, 9.17) is 11.6 Å². The van der Waals surface area contributed by atoms with E-state index in [9.17, 15) is 14.5 Å². The van der Waals surface area contributed by atoms with E-state index in [-0.39, 0.29) is 29.4 Å². The number of nitrogens with one attached hydrogen (secondary N) is 1. The molecule has 2 aliphatic rings. The summed E-state index contributed by atoms with van der Waals surface area (Å²) in [4.78, 5) is 10.7. The van der Waals surface area contributed by atoms with Gasteiger partial charge in [-0.25, -0.2) is 4.39 Å². The van der Waals surface area contributed by atoms with Crippen LogP contribution in [0.3, 0.4) is 0 Å². The van der Waals surface area contributed by atoms with Crippen molar-refractivity contribution in [2.45, 2.75) is 18.4 Å². The van der Waals surface area contributed by atoms with Crippen molar-refractivity contribution in [2.75, 3.05) is 5.32 Å². The molecule has 3 atom stereocenters. The number of anilines is 1. The molecular weight excluding hydrogens is 331 g/mol. The van der Waals surface area contributed by atoms with Gasteiger partial charge in [0, 0.05) is 18.1 Å². The molecule has 1 N–H and O–H groups in total. The first kappa shape index (κ1) is 15.1. The molecule has 4 nitrogen and oxygen atoms in total. The predicted molar refractivity (Wildman–Crippen MR) is 90.9 cm³/mol. The van der Waals surface area contributed by atoms with Gasteiger partial charge < -0.3 is 5.32 Å². The van der Waals surface area contributed by atoms with Crippen molar-refractivity contribution >= 4 is 23.0 Å². The van der Waals surface area contributed by atoms with Gasteiger partial charge in [-0.05, 0) is 35.6 Å². The van der Waals surface area contributed by atoms with E-state index in [1.54, 1.807) is 18.2 Å². The van der Waals surface area contributed by atoms with Gasteiger partial charge in [0.1, 0.15) is 5.82 Å². The van der Waals surface area contributed by atoms with E-state index in [0.29, 0.717) is 5.02 Å². The molecule has 0 aromatic heterocycles. The maximum atomic E-state index is 13.2. The molecule has 1 aliphatic carbocycles. The van der Waals surface area contributed by atoms with Crippen molar-refractivity contribution in [3.63, 3.8) is 0 Å². The van der Waals surface area contributed by atoms with Crippen LogP contribution in [0.2, 0.25) is 5.02 Å². The van der Waals surface area contributed by atoms with Gasteiger partial charge in [-0.15, -0.1) is 0 Å². The van der Waals surface area contributed by atoms with Crippen molar-refractivity contribution in [3.05, 3.63) is 80.6 Å². The maximum Gasteiger partial charge on any atom is 0.271 e. The second kappa shape index (κ2) is 5.60. The van der Waals surface area contributed by atoms with Gasteiger partial charge in [-0.2, -0.15) is 0 Å². The Labute approximate surface area is 143 Å². The van der Waals surface area contributed by atoms with Gasteiger partial charge in [0.2, 0.25) is 0 Å². The summed E-state index contributed by atoms with van der Waals surface area (Å²) in [6, 6.07) is 9.38. The van der Waals surface area contributed by atoms with E-state index in [0.717, 1.165) is 23.2 Å². The average Bonchev–Trinajstić information content (AvgIpc) is 3.05. The van der Waals surface area contributed by atoms with E-state index >= 15 is 0 Å². The number of nitrogens with zero attached hydrogens (tertiary/aromatic N) is 1. The zero-order valence-corrected chi connectivity index (χ0v) is 13.3. The highest BCUT2D eigenvalue weighted by Gasteiger charge is 2.39. The molecule has 4 rings (SSSR count). The third kappa shape index (κ3) is 2.36. The second-order valence-electron chi connectivity index (χ2n) is 6.18. The summed E-state index contributed by atoms with van der Waals surface area (Å²) in [6.07, 6.45) is 5.04. The monoisotopic (exact) mass is 344 g/mol. The lowest BCUT2D eigenvalue weighted by Crippen LogP contribution is -2.29. The molecule has 1 heterocycles. The minimum atomic E-state index is -0.425. The standard InChI is InChI=1S/C18H14ClFN2O2/c19-16-9-12(22(23)24)8-15-13-2-1-3-14(13)17(21-18(15)16)10-4-6-11(20)7-5-10/h1-2,4-9,13-14,17,21H,3H2/t13-,14-,17+/m1/s1. The molecule has 2 aromatic rings. The van der Waals surface area contributed by atoms with Gasteiger partial charge in [-0.3, -0.25) is 10.1 Å². The summed E-state index contributed by atoms with van der Waals surface area (Å²) in [5.74, 6) is 0.0134. The number of non-ortho nitro benzene ring substituents is 1. The molecule has 0 radical (unpaired) electrons. The summed E-state index contributed by atoms with van der Waals surface area (Å²) in [5, 5.41) is 14.9. The number of benzene rings is 2. The maximum absolute atomic E-state index is 13.2. The van der Waals surface area contributed by atoms with Crippen molar-refractivity contribution < 1.29 is 9.31 Å². The van der Waals surface area contributed by atoms with E-state index < -0.39 is 4.92 Å². The van der Waals surface area contributed by atoms with Crippen LogP contribution in [0.1, 0.15) is 29.5 Å². The van der Waals surface area contributed by atoms with Gasteiger partial charge in [-0.1, -0.05) is 35.9 Å². The molecule has 0 fully saturated rings. The first-order valence-corrected chi connectivity index (χ1v) is 8.09. The molecule has 0 amide bonds. The summed E-state index contributed by atoms with van der Waals surface area (Å²) < 4.78 is 13.2. The number of hydrogen-bond donors (Lipinski definition) is 1. The van der Waals surface area contributed by atoms with E-state index in [2.05, 4.69) is 17.5 Å². The van der Waals surface area contributed by atoms with Gasteiger partial charge >= 0.3 is 0 Å². The van der Waals surface area contributed by atoms with Crippen LogP contribution in [0, 0.1) is 21.8 Å². The molecule has 6 heteroatoms. The van der Waals surface area contributed by atoms with E-state index in [1.807, 2.05) is 0 Å². The molecule has 1 aliphatic heterocycles. The molecule has 0 bridgehead atoms. The zero-order chi connectivity index (χ0) is 16.8. The van der Waals surface area contributed by atoms with Crippen molar-refractivity contribution in [2.24, 2.45) is 5.92 Å². The molecule has 2 aromatic carbocycles. The fourth-order valence-electron chi connectivity index (χ4n) is 3.75. The largest absolute Gasteiger partial charge is 0.376 e. The topological polar surface area (TPSA) is 55.2 Å². The lowest BCUT2D eigenvalue weighted by molar-refractivity contribution is -0.384. The van der Waals surface area contributed by atoms with Crippen molar-refractivity contribution in [3.8, 4) is 0 Å². The Morgan fingerprint density at radius 2 is 2.00 bits per heavy atom. The molecule has 0 saturated heterocycles. The smallest absolute Gasteiger partial charge is 0.271 e. The van der Waals surface area contributed by atoms with Crippen LogP contribution in [-0.4, -0.2) is 4.92 Å². The van der Waals surface area contributed by atoms with Crippen LogP contribution >= 0.6 is 11.6 Å². The third-order valence-electron chi connectivity index (χ3n) is 4.85. The van der Waals surface area contributed by atoms with E-state index in [1.165, 1.54) is 18.2 Å². The molecule has 0 saturated carbocycles. The Balaban J connectivity index is 1.82. The van der Waals surface area contributed by atoms with Crippen LogP contribution in [-0.2, 0) is 0 Å². The number of hydrogen-bond acceptors (Lipinski definition) is 3. The second-order valence-corrected chi connectivity index (χ2v) is 6.58. The summed E-state index contributed by atoms with van der Waals surface area (Å²) in [7, 11) is 0.